The largest absolute Gasteiger partial charge is 0.359 e. The molecule has 2 unspecified atom stereocenters. The van der Waals surface area contributed by atoms with Crippen LogP contribution < -0.4 is 5.32 Å². The van der Waals surface area contributed by atoms with Gasteiger partial charge in [-0.25, -0.2) is 0 Å². The van der Waals surface area contributed by atoms with Gasteiger partial charge in [0.25, 0.3) is 0 Å². The van der Waals surface area contributed by atoms with E-state index in [2.05, 4.69) is 34.2 Å². The molecule has 2 heterocycles. The van der Waals surface area contributed by atoms with Crippen LogP contribution >= 0.6 is 0 Å². The van der Waals surface area contributed by atoms with E-state index >= 15 is 0 Å². The smallest absolute Gasteiger partial charge is 0.194 e. The van der Waals surface area contributed by atoms with Gasteiger partial charge in [0.2, 0.25) is 0 Å². The van der Waals surface area contributed by atoms with Crippen LogP contribution in [-0.2, 0) is 6.54 Å². The van der Waals surface area contributed by atoms with Crippen LogP contribution in [0, 0.1) is 11.8 Å². The maximum atomic E-state index is 5.39. The van der Waals surface area contributed by atoms with Crippen molar-refractivity contribution >= 4 is 5.96 Å². The van der Waals surface area contributed by atoms with Crippen molar-refractivity contribution in [3.05, 3.63) is 17.5 Å². The van der Waals surface area contributed by atoms with Crippen LogP contribution in [0.5, 0.6) is 0 Å². The Hall–Kier alpha value is -1.52. The molecule has 1 aromatic heterocycles. The van der Waals surface area contributed by atoms with Crippen LogP contribution in [0.4, 0.5) is 0 Å². The van der Waals surface area contributed by atoms with E-state index in [4.69, 9.17) is 4.52 Å². The maximum Gasteiger partial charge on any atom is 0.194 e. The zero-order valence-corrected chi connectivity index (χ0v) is 14.0. The number of hydrogen-bond donors (Lipinski definition) is 1. The van der Waals surface area contributed by atoms with Crippen LogP contribution in [0.2, 0.25) is 0 Å². The van der Waals surface area contributed by atoms with Gasteiger partial charge in [0.15, 0.2) is 11.7 Å². The number of nitrogens with one attached hydrogen (secondary N) is 1. The molecule has 1 saturated carbocycles. The van der Waals surface area contributed by atoms with Crippen molar-refractivity contribution in [3.63, 3.8) is 0 Å². The van der Waals surface area contributed by atoms with Gasteiger partial charge in [-0.05, 0) is 30.6 Å². The first-order valence-corrected chi connectivity index (χ1v) is 8.58. The third kappa shape index (κ3) is 3.28. The highest BCUT2D eigenvalue weighted by Gasteiger charge is 2.35. The monoisotopic (exact) mass is 304 g/mol. The molecule has 1 saturated heterocycles. The molecule has 122 valence electrons. The summed E-state index contributed by atoms with van der Waals surface area (Å²) in [6, 6.07) is 2.04. The van der Waals surface area contributed by atoms with Crippen molar-refractivity contribution in [2.45, 2.75) is 52.0 Å². The van der Waals surface area contributed by atoms with Gasteiger partial charge >= 0.3 is 0 Å². The first-order chi connectivity index (χ1) is 10.7. The molecular formula is C17H28N4O. The number of aliphatic imine (C=N–C) groups is 1. The normalized spacial score (nSPS) is 25.6. The second-order valence-corrected chi connectivity index (χ2v) is 6.98. The predicted octanol–water partition coefficient (Wildman–Crippen LogP) is 3.00. The Morgan fingerprint density at radius 1 is 1.36 bits per heavy atom. The molecule has 2 atom stereocenters. The summed E-state index contributed by atoms with van der Waals surface area (Å²) in [5, 5.41) is 7.54. The Balaban J connectivity index is 1.56. The standard InChI is InChI=1S/C17H28N4O/c1-12(2)16-8-15(22-20-16)9-19-17(18-3)21-10-13-6-4-5-7-14(13)11-21/h8,12-14H,4-7,9-11H2,1-3H3,(H,18,19). The number of nitrogens with zero attached hydrogens (tertiary/aromatic N) is 3. The van der Waals surface area contributed by atoms with Gasteiger partial charge in [-0.3, -0.25) is 4.99 Å². The minimum Gasteiger partial charge on any atom is -0.359 e. The predicted molar refractivity (Wildman–Crippen MR) is 87.8 cm³/mol. The van der Waals surface area contributed by atoms with E-state index in [0.717, 1.165) is 42.3 Å². The molecule has 5 heteroatoms. The fourth-order valence-corrected chi connectivity index (χ4v) is 3.76. The van der Waals surface area contributed by atoms with Crippen LogP contribution in [0.15, 0.2) is 15.6 Å². The van der Waals surface area contributed by atoms with Gasteiger partial charge in [-0.2, -0.15) is 0 Å². The van der Waals surface area contributed by atoms with Crippen molar-refractivity contribution in [1.29, 1.82) is 0 Å². The molecule has 2 aliphatic rings. The van der Waals surface area contributed by atoms with E-state index < -0.39 is 0 Å². The summed E-state index contributed by atoms with van der Waals surface area (Å²) < 4.78 is 5.39. The molecule has 0 spiro atoms. The molecular weight excluding hydrogens is 276 g/mol. The van der Waals surface area contributed by atoms with Crippen molar-refractivity contribution in [2.75, 3.05) is 20.1 Å². The molecule has 0 amide bonds. The highest BCUT2D eigenvalue weighted by molar-refractivity contribution is 5.80. The molecule has 2 fully saturated rings. The number of rotatable bonds is 3. The number of aromatic nitrogens is 1. The lowest BCUT2D eigenvalue weighted by Gasteiger charge is -2.22. The Morgan fingerprint density at radius 2 is 2.05 bits per heavy atom. The molecule has 0 bridgehead atoms. The van der Waals surface area contributed by atoms with Crippen LogP contribution in [0.3, 0.4) is 0 Å². The zero-order valence-electron chi connectivity index (χ0n) is 14.0. The molecule has 0 aromatic carbocycles. The lowest BCUT2D eigenvalue weighted by atomic mass is 9.82. The first kappa shape index (κ1) is 15.4. The molecule has 1 aliphatic carbocycles. The summed E-state index contributed by atoms with van der Waals surface area (Å²) in [6.07, 6.45) is 5.57. The zero-order chi connectivity index (χ0) is 15.5. The number of likely N-dealkylation sites (tertiary alicyclic amines) is 1. The second kappa shape index (κ2) is 6.71. The molecule has 22 heavy (non-hydrogen) atoms. The first-order valence-electron chi connectivity index (χ1n) is 8.58. The van der Waals surface area contributed by atoms with Crippen molar-refractivity contribution in [2.24, 2.45) is 16.8 Å². The highest BCUT2D eigenvalue weighted by atomic mass is 16.5. The van der Waals surface area contributed by atoms with Crippen molar-refractivity contribution < 1.29 is 4.52 Å². The fourth-order valence-electron chi connectivity index (χ4n) is 3.76. The summed E-state index contributed by atoms with van der Waals surface area (Å²) in [4.78, 5) is 6.87. The van der Waals surface area contributed by atoms with Crippen LogP contribution in [0.1, 0.15) is 56.9 Å². The van der Waals surface area contributed by atoms with Gasteiger partial charge in [-0.15, -0.1) is 0 Å². The van der Waals surface area contributed by atoms with E-state index in [1.165, 1.54) is 25.7 Å². The van der Waals surface area contributed by atoms with Gasteiger partial charge in [0, 0.05) is 26.2 Å². The number of hydrogen-bond acceptors (Lipinski definition) is 3. The van der Waals surface area contributed by atoms with Gasteiger partial charge in [0.05, 0.1) is 12.2 Å². The summed E-state index contributed by atoms with van der Waals surface area (Å²) in [6.45, 7) is 7.20. The average Bonchev–Trinajstić information content (AvgIpc) is 3.14. The summed E-state index contributed by atoms with van der Waals surface area (Å²) in [5.74, 6) is 4.01. The van der Waals surface area contributed by atoms with E-state index in [0.29, 0.717) is 12.5 Å². The highest BCUT2D eigenvalue weighted by Crippen LogP contribution is 2.35. The van der Waals surface area contributed by atoms with Crippen molar-refractivity contribution in [3.8, 4) is 0 Å². The minimum atomic E-state index is 0.401. The van der Waals surface area contributed by atoms with E-state index in [9.17, 15) is 0 Å². The third-order valence-corrected chi connectivity index (χ3v) is 5.08. The van der Waals surface area contributed by atoms with E-state index in [-0.39, 0.29) is 0 Å². The summed E-state index contributed by atoms with van der Waals surface area (Å²) >= 11 is 0. The lowest BCUT2D eigenvalue weighted by molar-refractivity contribution is 0.299. The Morgan fingerprint density at radius 3 is 2.59 bits per heavy atom. The number of guanidine groups is 1. The Bertz CT molecular complexity index is 508. The fraction of sp³-hybridized carbons (Fsp3) is 0.765. The molecule has 5 nitrogen and oxygen atoms in total. The molecule has 3 rings (SSSR count). The van der Waals surface area contributed by atoms with Gasteiger partial charge in [0.1, 0.15) is 0 Å². The van der Waals surface area contributed by atoms with Crippen molar-refractivity contribution in [1.82, 2.24) is 15.4 Å². The molecule has 1 N–H and O–H groups in total. The quantitative estimate of drug-likeness (QED) is 0.689. The molecule has 1 aliphatic heterocycles. The van der Waals surface area contributed by atoms with Crippen LogP contribution in [-0.4, -0.2) is 36.2 Å². The molecule has 1 aromatic rings. The Kier molecular flexibility index (Phi) is 4.69. The van der Waals surface area contributed by atoms with E-state index in [1.807, 2.05) is 13.1 Å². The number of fused-ring (bicyclic) bond motifs is 1. The summed E-state index contributed by atoms with van der Waals surface area (Å²) in [7, 11) is 1.87. The van der Waals surface area contributed by atoms with Gasteiger partial charge < -0.3 is 14.7 Å². The van der Waals surface area contributed by atoms with Crippen LogP contribution in [0.25, 0.3) is 0 Å². The summed E-state index contributed by atoms with van der Waals surface area (Å²) in [5.41, 5.74) is 1.01. The minimum absolute atomic E-state index is 0.401. The second-order valence-electron chi connectivity index (χ2n) is 6.98. The van der Waals surface area contributed by atoms with Gasteiger partial charge in [-0.1, -0.05) is 31.8 Å². The maximum absolute atomic E-state index is 5.39. The SMILES string of the molecule is CN=C(NCc1cc(C(C)C)no1)N1CC2CCCCC2C1. The Labute approximate surface area is 133 Å². The van der Waals surface area contributed by atoms with E-state index in [1.54, 1.807) is 0 Å². The molecule has 0 radical (unpaired) electrons. The lowest BCUT2D eigenvalue weighted by Crippen LogP contribution is -2.39. The third-order valence-electron chi connectivity index (χ3n) is 5.08. The average molecular weight is 304 g/mol. The topological polar surface area (TPSA) is 53.7 Å².